The number of alkyl halides is 3. The molecule has 0 N–H and O–H groups in total. The molecule has 2 aliphatic rings. The highest BCUT2D eigenvalue weighted by Crippen LogP contribution is 2.56. The van der Waals surface area contributed by atoms with Gasteiger partial charge in [-0.05, 0) is 61.2 Å². The average Bonchev–Trinajstić information content (AvgIpc) is 3.05. The summed E-state index contributed by atoms with van der Waals surface area (Å²) >= 11 is 0. The first-order chi connectivity index (χ1) is 18.9. The molecule has 1 aromatic heterocycles. The summed E-state index contributed by atoms with van der Waals surface area (Å²) in [4.78, 5) is 34.4. The third-order valence-corrected chi connectivity index (χ3v) is 10.5. The van der Waals surface area contributed by atoms with Gasteiger partial charge in [-0.25, -0.2) is 14.2 Å². The van der Waals surface area contributed by atoms with Crippen LogP contribution in [-0.2, 0) is 22.3 Å². The van der Waals surface area contributed by atoms with E-state index in [1.165, 1.54) is 36.1 Å². The molecule has 12 heteroatoms. The maximum Gasteiger partial charge on any atom is 0.416 e. The van der Waals surface area contributed by atoms with Crippen molar-refractivity contribution in [3.63, 3.8) is 0 Å². The van der Waals surface area contributed by atoms with Crippen LogP contribution in [0.15, 0.2) is 69.8 Å². The Kier molecular flexibility index (Phi) is 7.53. The van der Waals surface area contributed by atoms with Crippen molar-refractivity contribution in [2.24, 2.45) is 0 Å². The molecular formula is C28H30F4N4O3S. The molecule has 2 aromatic carbocycles. The smallest absolute Gasteiger partial charge is 0.377 e. The zero-order chi connectivity index (χ0) is 28.9. The Morgan fingerprint density at radius 3 is 2.35 bits per heavy atom. The molecule has 0 saturated carbocycles. The molecule has 40 heavy (non-hydrogen) atoms. The minimum absolute atomic E-state index is 0.0668. The fourth-order valence-corrected chi connectivity index (χ4v) is 9.19. The van der Waals surface area contributed by atoms with Gasteiger partial charge in [0, 0.05) is 48.8 Å². The van der Waals surface area contributed by atoms with Crippen LogP contribution in [0.5, 0.6) is 0 Å². The molecule has 0 spiro atoms. The first-order valence-electron chi connectivity index (χ1n) is 12.8. The summed E-state index contributed by atoms with van der Waals surface area (Å²) in [5.41, 5.74) is -1.07. The number of hydrogen-bond donors (Lipinski definition) is 1. The van der Waals surface area contributed by atoms with Crippen molar-refractivity contribution in [2.75, 3.05) is 20.2 Å². The number of benzene rings is 2. The number of amides is 1. The second-order valence-electron chi connectivity index (χ2n) is 10.2. The SMILES string of the molecule is C=CC(=O)N1C(C)CN(C2[C@@H](OC)Cn3c(=O)ncc4cc(C(F)(F)F)cc(c43)[SH]2c2ccc(F)cc2)CC1C. The van der Waals surface area contributed by atoms with E-state index in [0.29, 0.717) is 28.4 Å². The molecule has 5 rings (SSSR count). The normalized spacial score (nSPS) is 26.5. The third kappa shape index (κ3) is 4.92. The van der Waals surface area contributed by atoms with Crippen molar-refractivity contribution in [2.45, 2.75) is 59.9 Å². The van der Waals surface area contributed by atoms with Gasteiger partial charge in [0.15, 0.2) is 0 Å². The number of piperazine rings is 1. The Hall–Kier alpha value is -3.22. The molecule has 0 aliphatic carbocycles. The molecule has 1 saturated heterocycles. The lowest BCUT2D eigenvalue weighted by atomic mass is 10.1. The average molecular weight is 579 g/mol. The van der Waals surface area contributed by atoms with E-state index in [0.717, 1.165) is 12.1 Å². The summed E-state index contributed by atoms with van der Waals surface area (Å²) in [6, 6.07) is 7.42. The van der Waals surface area contributed by atoms with Gasteiger partial charge in [0.2, 0.25) is 5.91 Å². The van der Waals surface area contributed by atoms with Gasteiger partial charge in [-0.15, -0.1) is 0 Å². The van der Waals surface area contributed by atoms with Crippen LogP contribution in [0.3, 0.4) is 0 Å². The zero-order valence-electron chi connectivity index (χ0n) is 22.2. The first kappa shape index (κ1) is 28.3. The van der Waals surface area contributed by atoms with E-state index >= 15 is 0 Å². The topological polar surface area (TPSA) is 67.7 Å². The first-order valence-corrected chi connectivity index (χ1v) is 14.2. The maximum absolute atomic E-state index is 14.2. The quantitative estimate of drug-likeness (QED) is 0.282. The lowest BCUT2D eigenvalue weighted by Crippen LogP contribution is -2.62. The van der Waals surface area contributed by atoms with Crippen molar-refractivity contribution in [3.8, 4) is 0 Å². The summed E-state index contributed by atoms with van der Waals surface area (Å²) in [6.07, 6.45) is -2.81. The number of thiol groups is 1. The number of rotatable bonds is 4. The Bertz CT molecular complexity index is 1500. The standard InChI is InChI=1S/C28H30F4N4O3S/c1-5-24(37)36-16(2)13-34(14-17(36)3)26-22(39-4)15-35-25-18(12-33-27(35)38)10-19(28(30,31)32)11-23(25)40(26)21-8-6-20(29)7-9-21/h5-12,16-17,22,26,40H,1,13-15H2,2-4H3/t16?,17?,22-,26?/m0/s1. The largest absolute Gasteiger partial charge is 0.416 e. The highest BCUT2D eigenvalue weighted by atomic mass is 32.2. The number of methoxy groups -OCH3 is 1. The second kappa shape index (κ2) is 10.6. The number of carbonyl (C=O) groups excluding carboxylic acids is 1. The molecule has 1 amide bonds. The van der Waals surface area contributed by atoms with E-state index in [1.807, 2.05) is 13.8 Å². The fourth-order valence-electron chi connectivity index (χ4n) is 6.03. The highest BCUT2D eigenvalue weighted by Gasteiger charge is 2.44. The lowest BCUT2D eigenvalue weighted by Gasteiger charge is -2.50. The minimum atomic E-state index is -4.64. The summed E-state index contributed by atoms with van der Waals surface area (Å²) in [6.45, 7) is 8.33. The molecule has 3 heterocycles. The van der Waals surface area contributed by atoms with E-state index in [2.05, 4.69) is 16.5 Å². The van der Waals surface area contributed by atoms with E-state index in [-0.39, 0.29) is 29.9 Å². The van der Waals surface area contributed by atoms with Gasteiger partial charge in [0.05, 0.1) is 29.1 Å². The number of ether oxygens (including phenoxy) is 1. The molecule has 7 nitrogen and oxygen atoms in total. The monoisotopic (exact) mass is 578 g/mol. The van der Waals surface area contributed by atoms with Crippen LogP contribution in [0.2, 0.25) is 0 Å². The summed E-state index contributed by atoms with van der Waals surface area (Å²) in [7, 11) is -0.157. The van der Waals surface area contributed by atoms with Gasteiger partial charge < -0.3 is 9.64 Å². The number of hydrogen-bond acceptors (Lipinski definition) is 5. The second-order valence-corrected chi connectivity index (χ2v) is 12.5. The Balaban J connectivity index is 1.77. The Labute approximate surface area is 231 Å². The van der Waals surface area contributed by atoms with Gasteiger partial charge in [-0.3, -0.25) is 14.3 Å². The summed E-state index contributed by atoms with van der Waals surface area (Å²) in [5.74, 6) is -0.670. The van der Waals surface area contributed by atoms with Crippen molar-refractivity contribution in [1.82, 2.24) is 19.4 Å². The van der Waals surface area contributed by atoms with Crippen LogP contribution in [0, 0.1) is 5.82 Å². The number of nitrogens with zero attached hydrogens (tertiary/aromatic N) is 4. The Morgan fingerprint density at radius 1 is 1.12 bits per heavy atom. The maximum atomic E-state index is 14.2. The van der Waals surface area contributed by atoms with E-state index in [1.54, 1.807) is 17.0 Å². The van der Waals surface area contributed by atoms with Crippen molar-refractivity contribution in [1.29, 1.82) is 0 Å². The van der Waals surface area contributed by atoms with Gasteiger partial charge in [-0.2, -0.15) is 24.1 Å². The van der Waals surface area contributed by atoms with Crippen LogP contribution in [0.25, 0.3) is 10.9 Å². The fraction of sp³-hybridized carbons (Fsp3) is 0.393. The predicted octanol–water partition coefficient (Wildman–Crippen LogP) is 4.44. The molecule has 0 radical (unpaired) electrons. The van der Waals surface area contributed by atoms with Crippen LogP contribution < -0.4 is 5.69 Å². The lowest BCUT2D eigenvalue weighted by molar-refractivity contribution is -0.137. The molecule has 1 fully saturated rings. The van der Waals surface area contributed by atoms with Gasteiger partial charge in [0.1, 0.15) is 5.82 Å². The summed E-state index contributed by atoms with van der Waals surface area (Å²) < 4.78 is 63.9. The van der Waals surface area contributed by atoms with Gasteiger partial charge in [-0.1, -0.05) is 6.58 Å². The summed E-state index contributed by atoms with van der Waals surface area (Å²) in [5, 5.41) is -0.306. The van der Waals surface area contributed by atoms with Crippen molar-refractivity contribution in [3.05, 3.63) is 77.1 Å². The van der Waals surface area contributed by atoms with Crippen LogP contribution in [0.1, 0.15) is 19.4 Å². The molecular weight excluding hydrogens is 548 g/mol. The van der Waals surface area contributed by atoms with Crippen LogP contribution in [0.4, 0.5) is 17.6 Å². The number of carbonyl (C=O) groups is 1. The third-order valence-electron chi connectivity index (χ3n) is 7.64. The van der Waals surface area contributed by atoms with Crippen LogP contribution in [-0.4, -0.2) is 69.0 Å². The molecule has 4 unspecified atom stereocenters. The predicted molar refractivity (Wildman–Crippen MR) is 145 cm³/mol. The molecule has 3 aromatic rings. The van der Waals surface area contributed by atoms with E-state index in [9.17, 15) is 27.2 Å². The van der Waals surface area contributed by atoms with Crippen molar-refractivity contribution < 1.29 is 27.1 Å². The van der Waals surface area contributed by atoms with E-state index < -0.39 is 45.6 Å². The van der Waals surface area contributed by atoms with Gasteiger partial charge >= 0.3 is 11.9 Å². The number of aromatic nitrogens is 2. The van der Waals surface area contributed by atoms with Gasteiger partial charge in [0.25, 0.3) is 0 Å². The zero-order valence-corrected chi connectivity index (χ0v) is 23.1. The molecule has 214 valence electrons. The highest BCUT2D eigenvalue weighted by molar-refractivity contribution is 8.17. The number of halogens is 4. The van der Waals surface area contributed by atoms with Crippen molar-refractivity contribution >= 4 is 27.7 Å². The molecule has 2 aliphatic heterocycles. The van der Waals surface area contributed by atoms with E-state index in [4.69, 9.17) is 4.74 Å². The molecule has 0 bridgehead atoms. The van der Waals surface area contributed by atoms with Crippen LogP contribution >= 0.6 is 10.9 Å². The molecule has 5 atom stereocenters. The Morgan fingerprint density at radius 2 is 1.77 bits per heavy atom. The minimum Gasteiger partial charge on any atom is -0.377 e.